The van der Waals surface area contributed by atoms with Gasteiger partial charge in [0.15, 0.2) is 5.12 Å². The zero-order chi connectivity index (χ0) is 12.3. The van der Waals surface area contributed by atoms with Gasteiger partial charge in [0.2, 0.25) is 0 Å². The molecule has 0 spiro atoms. The van der Waals surface area contributed by atoms with E-state index in [0.29, 0.717) is 0 Å². The maximum Gasteiger partial charge on any atom is 0.196 e. The van der Waals surface area contributed by atoms with Crippen LogP contribution in [-0.4, -0.2) is 10.9 Å². The van der Waals surface area contributed by atoms with Crippen molar-refractivity contribution in [3.63, 3.8) is 0 Å². The maximum atomic E-state index is 13.4. The van der Waals surface area contributed by atoms with E-state index < -0.39 is 16.9 Å². The molecule has 0 saturated carbocycles. The Labute approximate surface area is 103 Å². The van der Waals surface area contributed by atoms with Gasteiger partial charge in [-0.3, -0.25) is 9.59 Å². The predicted octanol–water partition coefficient (Wildman–Crippen LogP) is 2.68. The highest BCUT2D eigenvalue weighted by Crippen LogP contribution is 2.19. The number of ketones is 1. The van der Waals surface area contributed by atoms with Gasteiger partial charge in [-0.2, -0.15) is 0 Å². The van der Waals surface area contributed by atoms with E-state index in [9.17, 15) is 14.0 Å². The molecule has 1 rings (SSSR count). The predicted molar refractivity (Wildman–Crippen MR) is 63.3 cm³/mol. The smallest absolute Gasteiger partial charge is 0.196 e. The lowest BCUT2D eigenvalue weighted by atomic mass is 9.97. The first-order chi connectivity index (χ1) is 7.41. The number of hydrogen-bond acceptors (Lipinski definition) is 2. The third-order valence-corrected chi connectivity index (χ3v) is 2.77. The van der Waals surface area contributed by atoms with Crippen LogP contribution in [0.1, 0.15) is 12.5 Å². The SMILES string of the molecule is CC(=O)C(Cc1ccc(Cl)cc1F)C(=O)S. The first kappa shape index (κ1) is 13.2. The van der Waals surface area contributed by atoms with Gasteiger partial charge in [0.1, 0.15) is 11.6 Å². The van der Waals surface area contributed by atoms with E-state index >= 15 is 0 Å². The van der Waals surface area contributed by atoms with Gasteiger partial charge in [0.05, 0.1) is 5.92 Å². The minimum atomic E-state index is -0.904. The average molecular weight is 261 g/mol. The molecule has 1 atom stereocenters. The van der Waals surface area contributed by atoms with Crippen LogP contribution in [0.4, 0.5) is 4.39 Å². The van der Waals surface area contributed by atoms with Crippen LogP contribution in [0.2, 0.25) is 5.02 Å². The molecule has 0 aromatic heterocycles. The Hall–Kier alpha value is -0.870. The molecule has 16 heavy (non-hydrogen) atoms. The summed E-state index contributed by atoms with van der Waals surface area (Å²) in [5.41, 5.74) is 0.284. The minimum Gasteiger partial charge on any atom is -0.299 e. The van der Waals surface area contributed by atoms with Crippen molar-refractivity contribution in [1.82, 2.24) is 0 Å². The third-order valence-electron chi connectivity index (χ3n) is 2.23. The average Bonchev–Trinajstić information content (AvgIpc) is 2.15. The number of carbonyl (C=O) groups excluding carboxylic acids is 2. The first-order valence-corrected chi connectivity index (χ1v) is 5.41. The van der Waals surface area contributed by atoms with Crippen LogP contribution in [0.5, 0.6) is 0 Å². The van der Waals surface area contributed by atoms with Gasteiger partial charge in [-0.15, -0.1) is 12.6 Å². The fourth-order valence-corrected chi connectivity index (χ4v) is 1.74. The Morgan fingerprint density at radius 1 is 1.50 bits per heavy atom. The lowest BCUT2D eigenvalue weighted by Crippen LogP contribution is -2.21. The molecule has 0 saturated heterocycles. The van der Waals surface area contributed by atoms with E-state index in [4.69, 9.17) is 11.6 Å². The van der Waals surface area contributed by atoms with Crippen LogP contribution in [-0.2, 0) is 16.0 Å². The molecular formula is C11H10ClFO2S. The first-order valence-electron chi connectivity index (χ1n) is 4.59. The van der Waals surface area contributed by atoms with Crippen molar-refractivity contribution in [2.75, 3.05) is 0 Å². The summed E-state index contributed by atoms with van der Waals surface area (Å²) in [5.74, 6) is -1.75. The van der Waals surface area contributed by atoms with Crippen molar-refractivity contribution >= 4 is 35.1 Å². The largest absolute Gasteiger partial charge is 0.299 e. The number of Topliss-reactive ketones (excluding diaryl/α,β-unsaturated/α-hetero) is 1. The molecule has 0 aliphatic carbocycles. The van der Waals surface area contributed by atoms with Crippen LogP contribution in [0, 0.1) is 11.7 Å². The van der Waals surface area contributed by atoms with Crippen LogP contribution in [0.15, 0.2) is 18.2 Å². The summed E-state index contributed by atoms with van der Waals surface area (Å²) < 4.78 is 13.4. The Morgan fingerprint density at radius 3 is 2.56 bits per heavy atom. The van der Waals surface area contributed by atoms with Crippen LogP contribution < -0.4 is 0 Å². The zero-order valence-corrected chi connectivity index (χ0v) is 10.2. The normalized spacial score (nSPS) is 12.2. The number of benzene rings is 1. The van der Waals surface area contributed by atoms with E-state index in [1.807, 2.05) is 0 Å². The molecule has 0 amide bonds. The van der Waals surface area contributed by atoms with Crippen molar-refractivity contribution in [3.05, 3.63) is 34.6 Å². The quantitative estimate of drug-likeness (QED) is 0.667. The summed E-state index contributed by atoms with van der Waals surface area (Å²) in [4.78, 5) is 22.2. The van der Waals surface area contributed by atoms with E-state index in [1.165, 1.54) is 19.1 Å². The molecule has 86 valence electrons. The molecule has 1 unspecified atom stereocenters. The van der Waals surface area contributed by atoms with Crippen LogP contribution in [0.25, 0.3) is 0 Å². The number of carbonyl (C=O) groups is 2. The Balaban J connectivity index is 2.94. The zero-order valence-electron chi connectivity index (χ0n) is 8.54. The molecule has 0 bridgehead atoms. The molecule has 1 aromatic rings. The summed E-state index contributed by atoms with van der Waals surface area (Å²) in [6.07, 6.45) is 0.0146. The van der Waals surface area contributed by atoms with Crippen LogP contribution in [0.3, 0.4) is 0 Å². The highest BCUT2D eigenvalue weighted by molar-refractivity contribution is 7.96. The topological polar surface area (TPSA) is 34.1 Å². The second kappa shape index (κ2) is 5.46. The third kappa shape index (κ3) is 3.32. The highest BCUT2D eigenvalue weighted by Gasteiger charge is 2.22. The molecule has 0 aliphatic heterocycles. The number of rotatable bonds is 4. The Kier molecular flexibility index (Phi) is 4.50. The fourth-order valence-electron chi connectivity index (χ4n) is 1.31. The second-order valence-corrected chi connectivity index (χ2v) is 4.32. The Morgan fingerprint density at radius 2 is 2.12 bits per heavy atom. The molecule has 1 aromatic carbocycles. The van der Waals surface area contributed by atoms with Crippen molar-refractivity contribution in [1.29, 1.82) is 0 Å². The monoisotopic (exact) mass is 260 g/mol. The molecular weight excluding hydrogens is 251 g/mol. The van der Waals surface area contributed by atoms with Gasteiger partial charge in [0.25, 0.3) is 0 Å². The van der Waals surface area contributed by atoms with Gasteiger partial charge in [-0.1, -0.05) is 17.7 Å². The second-order valence-electron chi connectivity index (χ2n) is 3.44. The molecule has 0 aliphatic rings. The summed E-state index contributed by atoms with van der Waals surface area (Å²) >= 11 is 9.20. The summed E-state index contributed by atoms with van der Waals surface area (Å²) in [7, 11) is 0. The van der Waals surface area contributed by atoms with Crippen LogP contribution >= 0.6 is 24.2 Å². The molecule has 0 fully saturated rings. The Bertz CT molecular complexity index is 420. The summed E-state index contributed by atoms with van der Waals surface area (Å²) in [5, 5.41) is -0.278. The number of hydrogen-bond donors (Lipinski definition) is 1. The van der Waals surface area contributed by atoms with E-state index in [2.05, 4.69) is 12.6 Å². The van der Waals surface area contributed by atoms with Gasteiger partial charge < -0.3 is 0 Å². The molecule has 2 nitrogen and oxygen atoms in total. The molecule has 5 heteroatoms. The van der Waals surface area contributed by atoms with Crippen molar-refractivity contribution in [3.8, 4) is 0 Å². The van der Waals surface area contributed by atoms with E-state index in [0.717, 1.165) is 6.07 Å². The van der Waals surface area contributed by atoms with Gasteiger partial charge in [-0.05, 0) is 31.0 Å². The number of halogens is 2. The van der Waals surface area contributed by atoms with Crippen molar-refractivity contribution in [2.24, 2.45) is 5.92 Å². The standard InChI is InChI=1S/C11H10ClFO2S/c1-6(14)9(11(15)16)4-7-2-3-8(12)5-10(7)13/h2-3,5,9H,4H2,1H3,(H,15,16). The molecule has 0 heterocycles. The fraction of sp³-hybridized carbons (Fsp3) is 0.273. The molecule has 0 radical (unpaired) electrons. The van der Waals surface area contributed by atoms with Gasteiger partial charge in [-0.25, -0.2) is 4.39 Å². The highest BCUT2D eigenvalue weighted by atomic mass is 35.5. The van der Waals surface area contributed by atoms with Crippen molar-refractivity contribution < 1.29 is 14.0 Å². The summed E-state index contributed by atoms with van der Waals surface area (Å²) in [6, 6.07) is 4.13. The lowest BCUT2D eigenvalue weighted by molar-refractivity contribution is -0.126. The van der Waals surface area contributed by atoms with Gasteiger partial charge >= 0.3 is 0 Å². The van der Waals surface area contributed by atoms with Gasteiger partial charge in [0, 0.05) is 5.02 Å². The number of thiol groups is 1. The molecule has 0 N–H and O–H groups in total. The van der Waals surface area contributed by atoms with E-state index in [1.54, 1.807) is 0 Å². The minimum absolute atomic E-state index is 0.0146. The van der Waals surface area contributed by atoms with E-state index in [-0.39, 0.29) is 22.8 Å². The summed E-state index contributed by atoms with van der Waals surface area (Å²) in [6.45, 7) is 1.28. The lowest BCUT2D eigenvalue weighted by Gasteiger charge is -2.10. The van der Waals surface area contributed by atoms with Crippen molar-refractivity contribution in [2.45, 2.75) is 13.3 Å². The maximum absolute atomic E-state index is 13.4.